The zero-order valence-corrected chi connectivity index (χ0v) is 19.9. The number of carbonyl (C=O) groups is 1. The maximum absolute atomic E-state index is 14.4. The van der Waals surface area contributed by atoms with Gasteiger partial charge in [0.15, 0.2) is 5.76 Å². The van der Waals surface area contributed by atoms with Crippen molar-refractivity contribution in [1.29, 1.82) is 5.26 Å². The van der Waals surface area contributed by atoms with Gasteiger partial charge in [-0.1, -0.05) is 54.6 Å². The van der Waals surface area contributed by atoms with Gasteiger partial charge in [-0.2, -0.15) is 5.26 Å². The van der Waals surface area contributed by atoms with Gasteiger partial charge in [0.05, 0.1) is 19.0 Å². The van der Waals surface area contributed by atoms with E-state index in [9.17, 15) is 9.18 Å². The first-order valence-electron chi connectivity index (χ1n) is 11.8. The number of hydrogen-bond acceptors (Lipinski definition) is 5. The van der Waals surface area contributed by atoms with Crippen molar-refractivity contribution in [3.8, 4) is 6.07 Å². The molecule has 0 spiro atoms. The molecule has 6 nitrogen and oxygen atoms in total. The highest BCUT2D eigenvalue weighted by atomic mass is 19.1. The van der Waals surface area contributed by atoms with Crippen molar-refractivity contribution in [2.45, 2.75) is 32.6 Å². The van der Waals surface area contributed by atoms with Crippen LogP contribution in [0.2, 0.25) is 0 Å². The molecule has 2 aromatic heterocycles. The third kappa shape index (κ3) is 6.87. The SMILES string of the molecule is N#CCCN(Cc1cccnc1)C(=O)c1ccc(CN(Cc2ccccc2)Cc2ccccc2F)o1. The van der Waals surface area contributed by atoms with Crippen molar-refractivity contribution in [2.75, 3.05) is 6.54 Å². The van der Waals surface area contributed by atoms with E-state index >= 15 is 0 Å². The Labute approximate surface area is 210 Å². The van der Waals surface area contributed by atoms with Gasteiger partial charge < -0.3 is 9.32 Å². The molecule has 7 heteroatoms. The smallest absolute Gasteiger partial charge is 0.289 e. The highest BCUT2D eigenvalue weighted by Gasteiger charge is 2.21. The molecule has 0 atom stereocenters. The summed E-state index contributed by atoms with van der Waals surface area (Å²) in [6.45, 7) is 2.00. The van der Waals surface area contributed by atoms with E-state index in [0.717, 1.165) is 11.1 Å². The summed E-state index contributed by atoms with van der Waals surface area (Å²) in [5.41, 5.74) is 2.56. The summed E-state index contributed by atoms with van der Waals surface area (Å²) >= 11 is 0. The number of benzene rings is 2. The largest absolute Gasteiger partial charge is 0.455 e. The van der Waals surface area contributed by atoms with Crippen molar-refractivity contribution in [2.24, 2.45) is 0 Å². The summed E-state index contributed by atoms with van der Waals surface area (Å²) in [4.78, 5) is 21.0. The highest BCUT2D eigenvalue weighted by molar-refractivity contribution is 5.91. The van der Waals surface area contributed by atoms with Crippen LogP contribution in [0.3, 0.4) is 0 Å². The maximum atomic E-state index is 14.4. The molecule has 4 aromatic rings. The van der Waals surface area contributed by atoms with Gasteiger partial charge in [0.1, 0.15) is 11.6 Å². The van der Waals surface area contributed by atoms with E-state index in [-0.39, 0.29) is 30.5 Å². The number of nitrogens with zero attached hydrogens (tertiary/aromatic N) is 4. The third-order valence-electron chi connectivity index (χ3n) is 5.73. The molecule has 0 aliphatic carbocycles. The molecule has 0 aliphatic rings. The molecule has 0 saturated heterocycles. The van der Waals surface area contributed by atoms with Crippen LogP contribution in [0, 0.1) is 17.1 Å². The molecule has 1 amide bonds. The van der Waals surface area contributed by atoms with E-state index in [4.69, 9.17) is 9.68 Å². The summed E-state index contributed by atoms with van der Waals surface area (Å²) in [5.74, 6) is 0.267. The molecular weight excluding hydrogens is 455 g/mol. The molecule has 0 saturated carbocycles. The molecule has 36 heavy (non-hydrogen) atoms. The second-order valence-corrected chi connectivity index (χ2v) is 8.48. The van der Waals surface area contributed by atoms with Crippen LogP contribution in [0.1, 0.15) is 39.4 Å². The molecule has 0 fully saturated rings. The van der Waals surface area contributed by atoms with Crippen LogP contribution in [0.5, 0.6) is 0 Å². The van der Waals surface area contributed by atoms with Gasteiger partial charge in [-0.3, -0.25) is 14.7 Å². The van der Waals surface area contributed by atoms with E-state index < -0.39 is 0 Å². The van der Waals surface area contributed by atoms with Crippen LogP contribution in [0.15, 0.2) is 95.7 Å². The van der Waals surface area contributed by atoms with Crippen LogP contribution in [-0.2, 0) is 26.2 Å². The Bertz CT molecular complexity index is 1300. The summed E-state index contributed by atoms with van der Waals surface area (Å²) in [6, 6.07) is 25.9. The lowest BCUT2D eigenvalue weighted by molar-refractivity contribution is 0.0710. The normalized spacial score (nSPS) is 10.8. The fraction of sp³-hybridized carbons (Fsp3) is 0.207. The van der Waals surface area contributed by atoms with Crippen molar-refractivity contribution in [1.82, 2.24) is 14.8 Å². The number of pyridine rings is 1. The molecule has 0 unspecified atom stereocenters. The van der Waals surface area contributed by atoms with E-state index in [0.29, 0.717) is 37.5 Å². The van der Waals surface area contributed by atoms with Gasteiger partial charge in [0, 0.05) is 44.1 Å². The predicted molar refractivity (Wildman–Crippen MR) is 134 cm³/mol. The first-order valence-corrected chi connectivity index (χ1v) is 11.8. The maximum Gasteiger partial charge on any atom is 0.289 e. The lowest BCUT2D eigenvalue weighted by Crippen LogP contribution is -2.31. The number of nitriles is 1. The molecule has 0 bridgehead atoms. The van der Waals surface area contributed by atoms with Crippen LogP contribution < -0.4 is 0 Å². The number of halogens is 1. The number of carbonyl (C=O) groups excluding carboxylic acids is 1. The number of amides is 1. The monoisotopic (exact) mass is 482 g/mol. The highest BCUT2D eigenvalue weighted by Crippen LogP contribution is 2.19. The van der Waals surface area contributed by atoms with Gasteiger partial charge in [-0.15, -0.1) is 0 Å². The zero-order valence-electron chi connectivity index (χ0n) is 19.9. The zero-order chi connectivity index (χ0) is 25.2. The summed E-state index contributed by atoms with van der Waals surface area (Å²) < 4.78 is 20.3. The van der Waals surface area contributed by atoms with Crippen molar-refractivity contribution < 1.29 is 13.6 Å². The minimum absolute atomic E-state index is 0.206. The molecule has 0 aliphatic heterocycles. The van der Waals surface area contributed by atoms with E-state index in [1.54, 1.807) is 41.6 Å². The average Bonchev–Trinajstić information content (AvgIpc) is 3.37. The Hall–Kier alpha value is -4.28. The third-order valence-corrected chi connectivity index (χ3v) is 5.73. The van der Waals surface area contributed by atoms with E-state index in [1.165, 1.54) is 6.07 Å². The summed E-state index contributed by atoms with van der Waals surface area (Å²) in [7, 11) is 0. The molecule has 2 aromatic carbocycles. The number of aromatic nitrogens is 1. The molecule has 0 N–H and O–H groups in total. The van der Waals surface area contributed by atoms with E-state index in [2.05, 4.69) is 16.0 Å². The number of rotatable bonds is 11. The summed E-state index contributed by atoms with van der Waals surface area (Å²) in [5, 5.41) is 9.04. The Morgan fingerprint density at radius 1 is 0.889 bits per heavy atom. The lowest BCUT2D eigenvalue weighted by Gasteiger charge is -2.22. The first-order chi connectivity index (χ1) is 17.6. The van der Waals surface area contributed by atoms with Gasteiger partial charge >= 0.3 is 0 Å². The molecule has 182 valence electrons. The predicted octanol–water partition coefficient (Wildman–Crippen LogP) is 5.57. The Morgan fingerprint density at radius 3 is 2.42 bits per heavy atom. The number of hydrogen-bond donors (Lipinski definition) is 0. The van der Waals surface area contributed by atoms with Crippen LogP contribution >= 0.6 is 0 Å². The molecular formula is C29H27FN4O2. The van der Waals surface area contributed by atoms with Gasteiger partial charge in [0.2, 0.25) is 0 Å². The molecule has 4 rings (SSSR count). The first kappa shape index (κ1) is 24.8. The second-order valence-electron chi connectivity index (χ2n) is 8.48. The summed E-state index contributed by atoms with van der Waals surface area (Å²) in [6.07, 6.45) is 3.59. The average molecular weight is 483 g/mol. The quantitative estimate of drug-likeness (QED) is 0.279. The van der Waals surface area contributed by atoms with E-state index in [1.807, 2.05) is 48.5 Å². The molecule has 2 heterocycles. The minimum Gasteiger partial charge on any atom is -0.455 e. The van der Waals surface area contributed by atoms with Gasteiger partial charge in [-0.05, 0) is 35.4 Å². The van der Waals surface area contributed by atoms with Gasteiger partial charge in [-0.25, -0.2) is 4.39 Å². The number of furan rings is 1. The minimum atomic E-state index is -0.288. The van der Waals surface area contributed by atoms with Crippen molar-refractivity contribution >= 4 is 5.91 Å². The van der Waals surface area contributed by atoms with Crippen molar-refractivity contribution in [3.63, 3.8) is 0 Å². The second kappa shape index (κ2) is 12.4. The fourth-order valence-electron chi connectivity index (χ4n) is 3.98. The fourth-order valence-corrected chi connectivity index (χ4v) is 3.98. The Balaban J connectivity index is 1.50. The van der Waals surface area contributed by atoms with Crippen LogP contribution in [0.4, 0.5) is 4.39 Å². The van der Waals surface area contributed by atoms with Gasteiger partial charge in [0.25, 0.3) is 5.91 Å². The Kier molecular flexibility index (Phi) is 8.57. The van der Waals surface area contributed by atoms with Crippen LogP contribution in [-0.4, -0.2) is 27.2 Å². The van der Waals surface area contributed by atoms with Crippen LogP contribution in [0.25, 0.3) is 0 Å². The topological polar surface area (TPSA) is 73.4 Å². The lowest BCUT2D eigenvalue weighted by atomic mass is 10.1. The standard InChI is InChI=1S/C29H27FN4O2/c30-27-12-5-4-11-25(27)21-33(19-23-8-2-1-3-9-23)22-26-13-14-28(36-26)29(35)34(17-7-15-31)20-24-10-6-16-32-18-24/h1-6,8-14,16,18H,7,17,19-22H2. The molecule has 0 radical (unpaired) electrons. The Morgan fingerprint density at radius 2 is 1.67 bits per heavy atom. The van der Waals surface area contributed by atoms with Crippen molar-refractivity contribution in [3.05, 3.63) is 125 Å².